The standard InChI is InChI=1S/C12H13FN2O4/c1-7-10(4-5-19-7)14-12(16)8-2-3-9(13)11(6-8)15(17)18/h2-3,6-7,10H,4-5H2,1H3,(H,14,16). The number of halogens is 1. The van der Waals surface area contributed by atoms with Gasteiger partial charge in [-0.15, -0.1) is 0 Å². The van der Waals surface area contributed by atoms with Crippen molar-refractivity contribution in [3.8, 4) is 0 Å². The largest absolute Gasteiger partial charge is 0.376 e. The fourth-order valence-electron chi connectivity index (χ4n) is 1.97. The molecule has 0 spiro atoms. The van der Waals surface area contributed by atoms with E-state index in [1.54, 1.807) is 0 Å². The molecule has 1 fully saturated rings. The highest BCUT2D eigenvalue weighted by atomic mass is 19.1. The molecule has 1 aliphatic rings. The third kappa shape index (κ3) is 2.87. The highest BCUT2D eigenvalue weighted by Crippen LogP contribution is 2.19. The molecule has 1 amide bonds. The number of nitro benzene ring substituents is 1. The fourth-order valence-corrected chi connectivity index (χ4v) is 1.97. The number of hydrogen-bond acceptors (Lipinski definition) is 4. The molecular formula is C12H13FN2O4. The summed E-state index contributed by atoms with van der Waals surface area (Å²) in [4.78, 5) is 21.7. The van der Waals surface area contributed by atoms with Gasteiger partial charge in [-0.3, -0.25) is 14.9 Å². The molecule has 0 aliphatic carbocycles. The maximum absolute atomic E-state index is 13.2. The first-order valence-electron chi connectivity index (χ1n) is 5.85. The summed E-state index contributed by atoms with van der Waals surface area (Å²) < 4.78 is 18.5. The number of amides is 1. The van der Waals surface area contributed by atoms with Crippen molar-refractivity contribution in [3.05, 3.63) is 39.7 Å². The van der Waals surface area contributed by atoms with Gasteiger partial charge in [-0.2, -0.15) is 4.39 Å². The van der Waals surface area contributed by atoms with Crippen LogP contribution in [0.1, 0.15) is 23.7 Å². The van der Waals surface area contributed by atoms with E-state index >= 15 is 0 Å². The second-order valence-corrected chi connectivity index (χ2v) is 4.37. The summed E-state index contributed by atoms with van der Waals surface area (Å²) in [7, 11) is 0. The van der Waals surface area contributed by atoms with E-state index in [0.717, 1.165) is 12.1 Å². The molecule has 0 saturated carbocycles. The topological polar surface area (TPSA) is 81.5 Å². The van der Waals surface area contributed by atoms with Crippen LogP contribution in [0.2, 0.25) is 0 Å². The van der Waals surface area contributed by atoms with E-state index in [-0.39, 0.29) is 17.7 Å². The Kier molecular flexibility index (Phi) is 3.75. The van der Waals surface area contributed by atoms with Crippen molar-refractivity contribution in [2.75, 3.05) is 6.61 Å². The van der Waals surface area contributed by atoms with Gasteiger partial charge in [0.15, 0.2) is 0 Å². The van der Waals surface area contributed by atoms with Gasteiger partial charge in [0.25, 0.3) is 5.91 Å². The van der Waals surface area contributed by atoms with Crippen molar-refractivity contribution >= 4 is 11.6 Å². The van der Waals surface area contributed by atoms with Crippen LogP contribution >= 0.6 is 0 Å². The quantitative estimate of drug-likeness (QED) is 0.667. The lowest BCUT2D eigenvalue weighted by molar-refractivity contribution is -0.387. The minimum atomic E-state index is -0.959. The Labute approximate surface area is 108 Å². The lowest BCUT2D eigenvalue weighted by Crippen LogP contribution is -2.39. The molecule has 0 radical (unpaired) electrons. The number of nitro groups is 1. The molecule has 2 atom stereocenters. The number of carbonyl (C=O) groups excluding carboxylic acids is 1. The Morgan fingerprint density at radius 1 is 1.58 bits per heavy atom. The van der Waals surface area contributed by atoms with E-state index in [9.17, 15) is 19.3 Å². The van der Waals surface area contributed by atoms with Gasteiger partial charge >= 0.3 is 5.69 Å². The van der Waals surface area contributed by atoms with Gasteiger partial charge in [-0.05, 0) is 25.5 Å². The predicted octanol–water partition coefficient (Wildman–Crippen LogP) is 1.64. The normalized spacial score (nSPS) is 22.2. The van der Waals surface area contributed by atoms with Crippen molar-refractivity contribution in [1.29, 1.82) is 0 Å². The second kappa shape index (κ2) is 5.31. The Morgan fingerprint density at radius 3 is 2.89 bits per heavy atom. The molecule has 19 heavy (non-hydrogen) atoms. The first-order valence-corrected chi connectivity index (χ1v) is 5.85. The molecule has 1 saturated heterocycles. The number of ether oxygens (including phenoxy) is 1. The van der Waals surface area contributed by atoms with Crippen molar-refractivity contribution in [2.24, 2.45) is 0 Å². The molecule has 102 valence electrons. The Hall–Kier alpha value is -2.02. The van der Waals surface area contributed by atoms with Gasteiger partial charge in [0.1, 0.15) is 0 Å². The number of hydrogen-bond donors (Lipinski definition) is 1. The number of nitrogens with one attached hydrogen (secondary N) is 1. The molecule has 2 rings (SSSR count). The van der Waals surface area contributed by atoms with Crippen molar-refractivity contribution in [2.45, 2.75) is 25.5 Å². The zero-order valence-electron chi connectivity index (χ0n) is 10.3. The van der Waals surface area contributed by atoms with Crippen molar-refractivity contribution in [3.63, 3.8) is 0 Å². The molecule has 0 aromatic heterocycles. The summed E-state index contributed by atoms with van der Waals surface area (Å²) in [5, 5.41) is 13.3. The zero-order valence-corrected chi connectivity index (χ0v) is 10.3. The summed E-state index contributed by atoms with van der Waals surface area (Å²) in [5.74, 6) is -1.43. The molecule has 1 heterocycles. The average Bonchev–Trinajstić information content (AvgIpc) is 2.75. The maximum atomic E-state index is 13.2. The SMILES string of the molecule is CC1OCCC1NC(=O)c1ccc(F)c([N+](=O)[O-])c1. The van der Waals surface area contributed by atoms with E-state index in [0.29, 0.717) is 13.0 Å². The summed E-state index contributed by atoms with van der Waals surface area (Å²) in [6.07, 6.45) is 0.593. The smallest absolute Gasteiger partial charge is 0.305 e. The Balaban J connectivity index is 2.15. The van der Waals surface area contributed by atoms with Gasteiger partial charge in [0.05, 0.1) is 17.1 Å². The van der Waals surface area contributed by atoms with E-state index in [2.05, 4.69) is 5.32 Å². The molecule has 7 heteroatoms. The number of rotatable bonds is 3. The molecule has 2 unspecified atom stereocenters. The molecule has 1 aromatic carbocycles. The van der Waals surface area contributed by atoms with Gasteiger partial charge in [-0.25, -0.2) is 0 Å². The lowest BCUT2D eigenvalue weighted by atomic mass is 10.1. The molecular weight excluding hydrogens is 255 g/mol. The minimum Gasteiger partial charge on any atom is -0.376 e. The Morgan fingerprint density at radius 2 is 2.32 bits per heavy atom. The fraction of sp³-hybridized carbons (Fsp3) is 0.417. The van der Waals surface area contributed by atoms with Gasteiger partial charge in [-0.1, -0.05) is 0 Å². The van der Waals surface area contributed by atoms with Crippen LogP contribution in [-0.4, -0.2) is 29.6 Å². The van der Waals surface area contributed by atoms with Crippen LogP contribution in [-0.2, 0) is 4.74 Å². The number of benzene rings is 1. The van der Waals surface area contributed by atoms with Crippen molar-refractivity contribution < 1.29 is 18.8 Å². The van der Waals surface area contributed by atoms with E-state index in [4.69, 9.17) is 4.74 Å². The number of carbonyl (C=O) groups is 1. The summed E-state index contributed by atoms with van der Waals surface area (Å²) in [6, 6.07) is 2.95. The van der Waals surface area contributed by atoms with Crippen LogP contribution in [0.5, 0.6) is 0 Å². The summed E-state index contributed by atoms with van der Waals surface area (Å²) in [5.41, 5.74) is -0.643. The third-order valence-corrected chi connectivity index (χ3v) is 3.10. The van der Waals surface area contributed by atoms with Crippen LogP contribution in [0.25, 0.3) is 0 Å². The van der Waals surface area contributed by atoms with E-state index in [1.807, 2.05) is 6.92 Å². The average molecular weight is 268 g/mol. The van der Waals surface area contributed by atoms with Crippen LogP contribution < -0.4 is 5.32 Å². The van der Waals surface area contributed by atoms with E-state index in [1.165, 1.54) is 6.07 Å². The van der Waals surface area contributed by atoms with E-state index < -0.39 is 22.3 Å². The molecule has 1 aliphatic heterocycles. The van der Waals surface area contributed by atoms with Crippen molar-refractivity contribution in [1.82, 2.24) is 5.32 Å². The lowest BCUT2D eigenvalue weighted by Gasteiger charge is -2.15. The van der Waals surface area contributed by atoms with Gasteiger partial charge in [0, 0.05) is 18.2 Å². The molecule has 6 nitrogen and oxygen atoms in total. The molecule has 0 bridgehead atoms. The summed E-state index contributed by atoms with van der Waals surface area (Å²) in [6.45, 7) is 2.40. The molecule has 1 aromatic rings. The van der Waals surface area contributed by atoms with Crippen LogP contribution in [0, 0.1) is 15.9 Å². The minimum absolute atomic E-state index is 0.0622. The Bertz CT molecular complexity index is 520. The van der Waals surface area contributed by atoms with Gasteiger partial charge in [0.2, 0.25) is 5.82 Å². The van der Waals surface area contributed by atoms with Crippen LogP contribution in [0.3, 0.4) is 0 Å². The van der Waals surface area contributed by atoms with Crippen LogP contribution in [0.15, 0.2) is 18.2 Å². The highest BCUT2D eigenvalue weighted by Gasteiger charge is 2.26. The number of nitrogens with zero attached hydrogens (tertiary/aromatic N) is 1. The summed E-state index contributed by atoms with van der Waals surface area (Å²) >= 11 is 0. The first kappa shape index (κ1) is 13.4. The second-order valence-electron chi connectivity index (χ2n) is 4.37. The molecule has 1 N–H and O–H groups in total. The zero-order chi connectivity index (χ0) is 14.0. The third-order valence-electron chi connectivity index (χ3n) is 3.10. The maximum Gasteiger partial charge on any atom is 0.305 e. The highest BCUT2D eigenvalue weighted by molar-refractivity contribution is 5.95. The predicted molar refractivity (Wildman–Crippen MR) is 64.3 cm³/mol. The first-order chi connectivity index (χ1) is 8.99. The van der Waals surface area contributed by atoms with Crippen LogP contribution in [0.4, 0.5) is 10.1 Å². The van der Waals surface area contributed by atoms with Gasteiger partial charge < -0.3 is 10.1 Å². The monoisotopic (exact) mass is 268 g/mol.